The number of nitrogen functional groups attached to an aromatic ring is 1. The third-order valence-electron chi connectivity index (χ3n) is 2.30. The van der Waals surface area contributed by atoms with Gasteiger partial charge < -0.3 is 16.2 Å². The Balaban J connectivity index is 2.46. The van der Waals surface area contributed by atoms with Crippen molar-refractivity contribution < 1.29 is 9.53 Å². The lowest BCUT2D eigenvalue weighted by atomic mass is 10.4. The number of carbonyl (C=O) groups is 1. The van der Waals surface area contributed by atoms with Crippen LogP contribution in [0.25, 0.3) is 5.82 Å². The fourth-order valence-corrected chi connectivity index (χ4v) is 1.56. The summed E-state index contributed by atoms with van der Waals surface area (Å²) in [5.41, 5.74) is 11.0. The molecule has 4 N–H and O–H groups in total. The van der Waals surface area contributed by atoms with E-state index in [1.54, 1.807) is 13.0 Å². The molecule has 2 heterocycles. The minimum Gasteiger partial charge on any atom is -0.478 e. The summed E-state index contributed by atoms with van der Waals surface area (Å²) in [6, 6.07) is 1.60. The molecule has 0 spiro atoms. The summed E-state index contributed by atoms with van der Waals surface area (Å²) in [6.07, 6.45) is 1.47. The molecule has 0 aliphatic rings. The maximum Gasteiger partial charge on any atom is 0.271 e. The maximum absolute atomic E-state index is 11.1. The molecule has 0 saturated heterocycles. The number of primary amides is 1. The first-order valence-electron chi connectivity index (χ1n) is 5.65. The number of aromatic nitrogens is 4. The molecular weight excluding hydrogens is 248 g/mol. The molecule has 2 rings (SSSR count). The van der Waals surface area contributed by atoms with E-state index < -0.39 is 5.91 Å². The molecule has 100 valence electrons. The van der Waals surface area contributed by atoms with Crippen LogP contribution in [0.2, 0.25) is 0 Å². The predicted octanol–water partition coefficient (Wildman–Crippen LogP) is 0.0505. The fraction of sp³-hybridized carbons (Fsp3) is 0.273. The van der Waals surface area contributed by atoms with E-state index in [0.29, 0.717) is 24.1 Å². The second-order valence-corrected chi connectivity index (χ2v) is 3.79. The number of carbonyl (C=O) groups excluding carboxylic acids is 1. The van der Waals surface area contributed by atoms with Gasteiger partial charge in [0.15, 0.2) is 11.5 Å². The Bertz CT molecular complexity index is 622. The van der Waals surface area contributed by atoms with Crippen molar-refractivity contribution in [3.8, 4) is 11.7 Å². The minimum atomic E-state index is -0.688. The van der Waals surface area contributed by atoms with Gasteiger partial charge in [0.2, 0.25) is 5.88 Å². The van der Waals surface area contributed by atoms with E-state index >= 15 is 0 Å². The first-order chi connectivity index (χ1) is 9.01. The van der Waals surface area contributed by atoms with Crippen LogP contribution in [-0.2, 0) is 0 Å². The lowest BCUT2D eigenvalue weighted by molar-refractivity contribution is 0.0996. The van der Waals surface area contributed by atoms with E-state index in [2.05, 4.69) is 15.1 Å². The van der Waals surface area contributed by atoms with Crippen molar-refractivity contribution in [3.05, 3.63) is 23.8 Å². The van der Waals surface area contributed by atoms with Crippen molar-refractivity contribution in [2.45, 2.75) is 13.8 Å². The standard InChI is InChI=1S/C11H14N6O2/c1-3-19-9-4-8(14-6(2)15-9)17-5-7(12)10(16-17)11(13)18/h4-5H,3,12H2,1-2H3,(H2,13,18). The molecule has 2 aromatic heterocycles. The van der Waals surface area contributed by atoms with Gasteiger partial charge in [-0.25, -0.2) is 9.67 Å². The third kappa shape index (κ3) is 2.62. The predicted molar refractivity (Wildman–Crippen MR) is 68.0 cm³/mol. The molecule has 0 aliphatic heterocycles. The molecule has 0 radical (unpaired) electrons. The van der Waals surface area contributed by atoms with E-state index in [4.69, 9.17) is 16.2 Å². The maximum atomic E-state index is 11.1. The van der Waals surface area contributed by atoms with Gasteiger partial charge in [-0.15, -0.1) is 0 Å². The molecular formula is C11H14N6O2. The molecule has 0 aliphatic carbocycles. The summed E-state index contributed by atoms with van der Waals surface area (Å²) in [5.74, 6) is 0.720. The Labute approximate surface area is 109 Å². The van der Waals surface area contributed by atoms with Gasteiger partial charge in [-0.1, -0.05) is 0 Å². The molecule has 0 bridgehead atoms. The summed E-state index contributed by atoms with van der Waals surface area (Å²) < 4.78 is 6.69. The van der Waals surface area contributed by atoms with Gasteiger partial charge in [-0.05, 0) is 13.8 Å². The van der Waals surface area contributed by atoms with Gasteiger partial charge in [0.25, 0.3) is 5.91 Å². The highest BCUT2D eigenvalue weighted by molar-refractivity contribution is 5.95. The molecule has 2 aromatic rings. The first kappa shape index (κ1) is 12.8. The highest BCUT2D eigenvalue weighted by atomic mass is 16.5. The molecule has 0 unspecified atom stereocenters. The molecule has 8 nitrogen and oxygen atoms in total. The van der Waals surface area contributed by atoms with E-state index in [-0.39, 0.29) is 11.4 Å². The zero-order chi connectivity index (χ0) is 14.0. The van der Waals surface area contributed by atoms with Crippen molar-refractivity contribution in [1.29, 1.82) is 0 Å². The smallest absolute Gasteiger partial charge is 0.271 e. The Morgan fingerprint density at radius 2 is 2.21 bits per heavy atom. The number of anilines is 1. The molecule has 19 heavy (non-hydrogen) atoms. The van der Waals surface area contributed by atoms with Crippen LogP contribution in [0.15, 0.2) is 12.3 Å². The Kier molecular flexibility index (Phi) is 3.32. The van der Waals surface area contributed by atoms with Gasteiger partial charge in [-0.3, -0.25) is 4.79 Å². The number of hydrogen-bond acceptors (Lipinski definition) is 6. The Morgan fingerprint density at radius 1 is 1.47 bits per heavy atom. The number of hydrogen-bond donors (Lipinski definition) is 2. The van der Waals surface area contributed by atoms with Gasteiger partial charge in [-0.2, -0.15) is 10.1 Å². The monoisotopic (exact) mass is 262 g/mol. The zero-order valence-electron chi connectivity index (χ0n) is 10.6. The van der Waals surface area contributed by atoms with Crippen molar-refractivity contribution in [2.24, 2.45) is 5.73 Å². The van der Waals surface area contributed by atoms with Gasteiger partial charge in [0.1, 0.15) is 5.82 Å². The topological polar surface area (TPSA) is 122 Å². The number of aryl methyl sites for hydroxylation is 1. The summed E-state index contributed by atoms with van der Waals surface area (Å²) in [7, 11) is 0. The van der Waals surface area contributed by atoms with Crippen LogP contribution in [0.5, 0.6) is 5.88 Å². The second-order valence-electron chi connectivity index (χ2n) is 3.79. The Hall–Kier alpha value is -2.64. The number of rotatable bonds is 4. The first-order valence-corrected chi connectivity index (χ1v) is 5.65. The SMILES string of the molecule is CCOc1cc(-n2cc(N)c(C(N)=O)n2)nc(C)n1. The van der Waals surface area contributed by atoms with Crippen molar-refractivity contribution >= 4 is 11.6 Å². The number of nitrogens with two attached hydrogens (primary N) is 2. The van der Waals surface area contributed by atoms with Crippen LogP contribution in [0.1, 0.15) is 23.2 Å². The molecule has 0 fully saturated rings. The van der Waals surface area contributed by atoms with Gasteiger partial charge in [0.05, 0.1) is 18.5 Å². The summed E-state index contributed by atoms with van der Waals surface area (Å²) in [6.45, 7) is 4.08. The average molecular weight is 262 g/mol. The third-order valence-corrected chi connectivity index (χ3v) is 2.30. The van der Waals surface area contributed by atoms with Crippen LogP contribution < -0.4 is 16.2 Å². The van der Waals surface area contributed by atoms with Crippen molar-refractivity contribution in [2.75, 3.05) is 12.3 Å². The average Bonchev–Trinajstić information content (AvgIpc) is 2.71. The lowest BCUT2D eigenvalue weighted by Crippen LogP contribution is -2.14. The zero-order valence-corrected chi connectivity index (χ0v) is 10.6. The van der Waals surface area contributed by atoms with E-state index in [1.807, 2.05) is 6.92 Å². The quantitative estimate of drug-likeness (QED) is 0.802. The summed E-state index contributed by atoms with van der Waals surface area (Å²) in [5, 5.41) is 3.99. The molecule has 0 atom stereocenters. The molecule has 1 amide bonds. The van der Waals surface area contributed by atoms with Crippen LogP contribution in [0, 0.1) is 6.92 Å². The second kappa shape index (κ2) is 4.92. The number of nitrogens with zero attached hydrogens (tertiary/aromatic N) is 4. The van der Waals surface area contributed by atoms with Crippen LogP contribution >= 0.6 is 0 Å². The van der Waals surface area contributed by atoms with E-state index in [0.717, 1.165) is 0 Å². The van der Waals surface area contributed by atoms with Gasteiger partial charge in [0, 0.05) is 6.07 Å². The van der Waals surface area contributed by atoms with Crippen LogP contribution in [-0.4, -0.2) is 32.3 Å². The normalized spacial score (nSPS) is 10.4. The highest BCUT2D eigenvalue weighted by Gasteiger charge is 2.14. The molecule has 0 aromatic carbocycles. The van der Waals surface area contributed by atoms with Crippen molar-refractivity contribution in [1.82, 2.24) is 19.7 Å². The summed E-state index contributed by atoms with van der Waals surface area (Å²) in [4.78, 5) is 19.4. The van der Waals surface area contributed by atoms with Gasteiger partial charge >= 0.3 is 0 Å². The number of ether oxygens (including phenoxy) is 1. The van der Waals surface area contributed by atoms with Crippen LogP contribution in [0.4, 0.5) is 5.69 Å². The largest absolute Gasteiger partial charge is 0.478 e. The lowest BCUT2D eigenvalue weighted by Gasteiger charge is -2.06. The van der Waals surface area contributed by atoms with Crippen LogP contribution in [0.3, 0.4) is 0 Å². The van der Waals surface area contributed by atoms with E-state index in [9.17, 15) is 4.79 Å². The highest BCUT2D eigenvalue weighted by Crippen LogP contribution is 2.16. The Morgan fingerprint density at radius 3 is 2.79 bits per heavy atom. The fourth-order valence-electron chi connectivity index (χ4n) is 1.56. The van der Waals surface area contributed by atoms with Crippen molar-refractivity contribution in [3.63, 3.8) is 0 Å². The summed E-state index contributed by atoms with van der Waals surface area (Å²) >= 11 is 0. The molecule has 8 heteroatoms. The minimum absolute atomic E-state index is 0.00854. The van der Waals surface area contributed by atoms with E-state index in [1.165, 1.54) is 10.9 Å². The number of amides is 1. The molecule has 0 saturated carbocycles.